The van der Waals surface area contributed by atoms with Crippen LogP contribution in [0.1, 0.15) is 18.4 Å². The summed E-state index contributed by atoms with van der Waals surface area (Å²) in [5.41, 5.74) is 1.06. The zero-order chi connectivity index (χ0) is 15.7. The Morgan fingerprint density at radius 3 is 2.45 bits per heavy atom. The van der Waals surface area contributed by atoms with Crippen LogP contribution >= 0.6 is 0 Å². The van der Waals surface area contributed by atoms with Gasteiger partial charge in [0, 0.05) is 12.6 Å². The number of hydrogen-bond donors (Lipinski definition) is 1. The summed E-state index contributed by atoms with van der Waals surface area (Å²) in [4.78, 5) is 2.51. The molecule has 2 aliphatic heterocycles. The fourth-order valence-corrected chi connectivity index (χ4v) is 5.08. The van der Waals surface area contributed by atoms with Crippen molar-refractivity contribution in [2.24, 2.45) is 5.92 Å². The molecule has 2 fully saturated rings. The summed E-state index contributed by atoms with van der Waals surface area (Å²) in [6.07, 6.45) is 1.88. The summed E-state index contributed by atoms with van der Waals surface area (Å²) in [6.45, 7) is 3.86. The van der Waals surface area contributed by atoms with Gasteiger partial charge in [-0.2, -0.15) is 0 Å². The van der Waals surface area contributed by atoms with E-state index in [2.05, 4.69) is 10.2 Å². The molecule has 2 atom stereocenters. The predicted octanol–water partition coefficient (Wildman–Crippen LogP) is 1.75. The van der Waals surface area contributed by atoms with E-state index in [1.165, 1.54) is 0 Å². The topological polar surface area (TPSA) is 59.3 Å². The number of nitrogens with one attached hydrogen (secondary N) is 1. The third-order valence-electron chi connectivity index (χ3n) is 4.80. The number of sulfone groups is 1. The number of aryl methyl sites for hydroxylation is 1. The zero-order valence-electron chi connectivity index (χ0n) is 12.8. The van der Waals surface area contributed by atoms with E-state index in [0.717, 1.165) is 31.5 Å². The molecule has 4 nitrogen and oxygen atoms in total. The Morgan fingerprint density at radius 1 is 1.23 bits per heavy atom. The molecule has 0 aliphatic carbocycles. The minimum absolute atomic E-state index is 0.0545. The second kappa shape index (κ2) is 6.26. The molecule has 2 unspecified atom stereocenters. The number of piperidine rings is 1. The van der Waals surface area contributed by atoms with Crippen LogP contribution in [0.2, 0.25) is 0 Å². The van der Waals surface area contributed by atoms with Crippen molar-refractivity contribution in [1.82, 2.24) is 10.2 Å². The summed E-state index contributed by atoms with van der Waals surface area (Å²) in [5.74, 6) is 0.376. The number of alkyl halides is 1. The van der Waals surface area contributed by atoms with Gasteiger partial charge in [0.15, 0.2) is 9.84 Å². The fourth-order valence-electron chi connectivity index (χ4n) is 3.33. The van der Waals surface area contributed by atoms with Gasteiger partial charge in [0.05, 0.1) is 4.90 Å². The molecule has 22 heavy (non-hydrogen) atoms. The van der Waals surface area contributed by atoms with Gasteiger partial charge in [-0.15, -0.1) is 0 Å². The molecule has 2 heterocycles. The van der Waals surface area contributed by atoms with Crippen molar-refractivity contribution in [3.63, 3.8) is 0 Å². The molecule has 1 N–H and O–H groups in total. The molecule has 2 saturated heterocycles. The van der Waals surface area contributed by atoms with Gasteiger partial charge in [0.25, 0.3) is 0 Å². The van der Waals surface area contributed by atoms with Gasteiger partial charge in [-0.25, -0.2) is 12.8 Å². The third kappa shape index (κ3) is 3.19. The first-order valence-electron chi connectivity index (χ1n) is 7.87. The van der Waals surface area contributed by atoms with E-state index in [1.807, 2.05) is 19.1 Å². The lowest BCUT2D eigenvalue weighted by molar-refractivity contribution is 0.171. The normalized spacial score (nSPS) is 27.0. The highest BCUT2D eigenvalue weighted by atomic mass is 32.2. The molecule has 0 bridgehead atoms. The first-order valence-corrected chi connectivity index (χ1v) is 9.42. The van der Waals surface area contributed by atoms with E-state index in [0.29, 0.717) is 17.4 Å². The first kappa shape index (κ1) is 15.9. The zero-order valence-corrected chi connectivity index (χ0v) is 13.7. The van der Waals surface area contributed by atoms with Crippen molar-refractivity contribution in [3.05, 3.63) is 29.8 Å². The van der Waals surface area contributed by atoms with Gasteiger partial charge < -0.3 is 4.90 Å². The molecule has 122 valence electrons. The summed E-state index contributed by atoms with van der Waals surface area (Å²) in [5, 5.41) is 2.71. The molecule has 1 aromatic carbocycles. The molecule has 0 saturated carbocycles. The summed E-state index contributed by atoms with van der Waals surface area (Å²) in [6, 6.07) is 7.09. The van der Waals surface area contributed by atoms with Gasteiger partial charge in [-0.1, -0.05) is 17.7 Å². The lowest BCUT2D eigenvalue weighted by Gasteiger charge is -2.30. The van der Waals surface area contributed by atoms with Crippen molar-refractivity contribution in [3.8, 4) is 0 Å². The highest BCUT2D eigenvalue weighted by Gasteiger charge is 2.51. The van der Waals surface area contributed by atoms with Gasteiger partial charge in [0.2, 0.25) is 0 Å². The number of likely N-dealkylation sites (tertiary alicyclic amines) is 1. The smallest absolute Gasteiger partial charge is 0.195 e. The highest BCUT2D eigenvalue weighted by molar-refractivity contribution is 7.92. The fraction of sp³-hybridized carbons (Fsp3) is 0.625. The van der Waals surface area contributed by atoms with E-state index >= 15 is 0 Å². The Balaban J connectivity index is 1.61. The van der Waals surface area contributed by atoms with E-state index < -0.39 is 15.2 Å². The monoisotopic (exact) mass is 326 g/mol. The SMILES string of the molecule is Cc1ccc(S(=O)(=O)C2NC2C2CCN(CCF)CC2)cc1. The van der Waals surface area contributed by atoms with Crippen molar-refractivity contribution in [2.45, 2.75) is 36.1 Å². The lowest BCUT2D eigenvalue weighted by Crippen LogP contribution is -2.37. The maximum atomic E-state index is 12.6. The number of hydrogen-bond acceptors (Lipinski definition) is 4. The Labute approximate surface area is 131 Å². The van der Waals surface area contributed by atoms with Gasteiger partial charge >= 0.3 is 0 Å². The minimum atomic E-state index is -3.29. The molecule has 2 aliphatic rings. The largest absolute Gasteiger partial charge is 0.301 e. The number of nitrogens with zero attached hydrogens (tertiary/aromatic N) is 1. The van der Waals surface area contributed by atoms with E-state index in [1.54, 1.807) is 12.1 Å². The van der Waals surface area contributed by atoms with Crippen LogP contribution in [0.5, 0.6) is 0 Å². The van der Waals surface area contributed by atoms with Crippen LogP contribution in [0, 0.1) is 12.8 Å². The minimum Gasteiger partial charge on any atom is -0.301 e. The lowest BCUT2D eigenvalue weighted by atomic mass is 9.93. The van der Waals surface area contributed by atoms with Crippen molar-refractivity contribution < 1.29 is 12.8 Å². The second-order valence-corrected chi connectivity index (χ2v) is 8.41. The standard InChI is InChI=1S/C16H23FN2O2S/c1-12-2-4-14(5-3-12)22(20,21)16-15(18-16)13-6-9-19(10-7-13)11-8-17/h2-5,13,15-16,18H,6-11H2,1H3. The van der Waals surface area contributed by atoms with Crippen LogP contribution < -0.4 is 5.32 Å². The van der Waals surface area contributed by atoms with Crippen molar-refractivity contribution >= 4 is 9.84 Å². The molecule has 0 amide bonds. The van der Waals surface area contributed by atoms with Crippen LogP contribution in [0.3, 0.4) is 0 Å². The van der Waals surface area contributed by atoms with E-state index in [9.17, 15) is 12.8 Å². The molecular formula is C16H23FN2O2S. The first-order chi connectivity index (χ1) is 10.5. The summed E-state index contributed by atoms with van der Waals surface area (Å²) >= 11 is 0. The van der Waals surface area contributed by atoms with E-state index in [4.69, 9.17) is 0 Å². The number of halogens is 1. The summed E-state index contributed by atoms with van der Waals surface area (Å²) < 4.78 is 37.6. The molecular weight excluding hydrogens is 303 g/mol. The maximum absolute atomic E-state index is 12.6. The average Bonchev–Trinajstić information content (AvgIpc) is 3.30. The van der Waals surface area contributed by atoms with Gasteiger partial charge in [-0.05, 0) is 50.9 Å². The van der Waals surface area contributed by atoms with E-state index in [-0.39, 0.29) is 12.7 Å². The number of benzene rings is 1. The van der Waals surface area contributed by atoms with Crippen LogP contribution in [-0.4, -0.2) is 51.0 Å². The number of rotatable bonds is 5. The van der Waals surface area contributed by atoms with Crippen LogP contribution in [0.4, 0.5) is 4.39 Å². The average molecular weight is 326 g/mol. The predicted molar refractivity (Wildman–Crippen MR) is 84.2 cm³/mol. The molecule has 6 heteroatoms. The molecule has 0 radical (unpaired) electrons. The second-order valence-electron chi connectivity index (χ2n) is 6.34. The van der Waals surface area contributed by atoms with Crippen LogP contribution in [0.15, 0.2) is 29.2 Å². The van der Waals surface area contributed by atoms with Crippen molar-refractivity contribution in [1.29, 1.82) is 0 Å². The van der Waals surface area contributed by atoms with Crippen LogP contribution in [-0.2, 0) is 9.84 Å². The molecule has 0 spiro atoms. The Kier molecular flexibility index (Phi) is 4.52. The molecule has 3 rings (SSSR count). The van der Waals surface area contributed by atoms with Crippen LogP contribution in [0.25, 0.3) is 0 Å². The Morgan fingerprint density at radius 2 is 1.86 bits per heavy atom. The van der Waals surface area contributed by atoms with Gasteiger partial charge in [-0.3, -0.25) is 5.32 Å². The van der Waals surface area contributed by atoms with Crippen molar-refractivity contribution in [2.75, 3.05) is 26.3 Å². The maximum Gasteiger partial charge on any atom is 0.195 e. The third-order valence-corrected chi connectivity index (χ3v) is 6.83. The Bertz CT molecular complexity index is 610. The Hall–Kier alpha value is -0.980. The quantitative estimate of drug-likeness (QED) is 0.838. The summed E-state index contributed by atoms with van der Waals surface area (Å²) in [7, 11) is -3.29. The molecule has 0 aromatic heterocycles. The highest BCUT2D eigenvalue weighted by Crippen LogP contribution is 2.34. The molecule has 1 aromatic rings. The van der Waals surface area contributed by atoms with Gasteiger partial charge in [0.1, 0.15) is 12.0 Å².